The van der Waals surface area contributed by atoms with Crippen LogP contribution < -0.4 is 10.6 Å². The number of carbonyl (C=O) groups is 2. The first-order chi connectivity index (χ1) is 19.9. The summed E-state index contributed by atoms with van der Waals surface area (Å²) in [4.78, 5) is 26.7. The van der Waals surface area contributed by atoms with Crippen LogP contribution in [0.5, 0.6) is 0 Å². The first-order valence-electron chi connectivity index (χ1n) is 17.4. The van der Waals surface area contributed by atoms with E-state index in [-0.39, 0.29) is 39.7 Å². The zero-order valence-corrected chi connectivity index (χ0v) is 26.8. The minimum absolute atomic E-state index is 0.0480. The molecule has 3 unspecified atom stereocenters. The lowest BCUT2D eigenvalue weighted by Crippen LogP contribution is -2.61. The van der Waals surface area contributed by atoms with Crippen LogP contribution in [0.25, 0.3) is 0 Å². The molecule has 0 saturated heterocycles. The fourth-order valence-corrected chi connectivity index (χ4v) is 11.8. The maximum atomic E-state index is 14.5. The Bertz CT molecular complexity index is 1250. The van der Waals surface area contributed by atoms with Crippen molar-refractivity contribution in [1.29, 1.82) is 0 Å². The van der Waals surface area contributed by atoms with Gasteiger partial charge >= 0.3 is 0 Å². The van der Waals surface area contributed by atoms with Gasteiger partial charge < -0.3 is 10.6 Å². The third-order valence-electron chi connectivity index (χ3n) is 14.0. The molecule has 5 saturated carbocycles. The first-order valence-corrected chi connectivity index (χ1v) is 17.4. The van der Waals surface area contributed by atoms with Crippen molar-refractivity contribution in [3.63, 3.8) is 0 Å². The van der Waals surface area contributed by atoms with E-state index in [9.17, 15) is 9.59 Å². The van der Waals surface area contributed by atoms with Crippen LogP contribution in [0.4, 0.5) is 0 Å². The molecule has 2 amide bonds. The molecule has 4 heteroatoms. The van der Waals surface area contributed by atoms with Crippen LogP contribution in [-0.2, 0) is 15.0 Å². The number of amides is 2. The fourth-order valence-electron chi connectivity index (χ4n) is 11.8. The van der Waals surface area contributed by atoms with Crippen molar-refractivity contribution in [2.75, 3.05) is 0 Å². The monoisotopic (exact) mass is 570 g/mol. The van der Waals surface area contributed by atoms with Crippen molar-refractivity contribution in [1.82, 2.24) is 10.6 Å². The van der Waals surface area contributed by atoms with Gasteiger partial charge in [0.1, 0.15) is 0 Å². The molecule has 1 aliphatic heterocycles. The number of carbonyl (C=O) groups excluding carboxylic acids is 2. The molecule has 2 bridgehead atoms. The Labute approximate surface area is 254 Å². The lowest BCUT2D eigenvalue weighted by atomic mass is 9.48. The Hall–Kier alpha value is -2.10. The van der Waals surface area contributed by atoms with Crippen molar-refractivity contribution in [3.8, 4) is 0 Å². The third-order valence-corrected chi connectivity index (χ3v) is 14.0. The van der Waals surface area contributed by atoms with Crippen molar-refractivity contribution in [3.05, 3.63) is 47.5 Å². The summed E-state index contributed by atoms with van der Waals surface area (Å²) in [7, 11) is 0. The first kappa shape index (κ1) is 28.7. The van der Waals surface area contributed by atoms with Crippen LogP contribution in [0, 0.1) is 40.4 Å². The Morgan fingerprint density at radius 1 is 0.881 bits per heavy atom. The minimum Gasteiger partial charge on any atom is -0.350 e. The molecule has 228 valence electrons. The highest BCUT2D eigenvalue weighted by atomic mass is 16.2. The van der Waals surface area contributed by atoms with Crippen molar-refractivity contribution >= 4 is 11.8 Å². The largest absolute Gasteiger partial charge is 0.350 e. The van der Waals surface area contributed by atoms with E-state index < -0.39 is 0 Å². The highest BCUT2D eigenvalue weighted by Gasteiger charge is 2.61. The van der Waals surface area contributed by atoms with Gasteiger partial charge in [0, 0.05) is 28.8 Å². The van der Waals surface area contributed by atoms with Crippen molar-refractivity contribution in [2.24, 2.45) is 40.4 Å². The van der Waals surface area contributed by atoms with E-state index in [1.54, 1.807) is 6.08 Å². The van der Waals surface area contributed by atoms with E-state index in [0.717, 1.165) is 32.1 Å². The van der Waals surface area contributed by atoms with E-state index in [1.165, 1.54) is 56.1 Å². The lowest BCUT2D eigenvalue weighted by Gasteiger charge is -2.59. The summed E-state index contributed by atoms with van der Waals surface area (Å²) in [6, 6.07) is 9.74. The van der Waals surface area contributed by atoms with E-state index in [1.807, 2.05) is 0 Å². The summed E-state index contributed by atoms with van der Waals surface area (Å²) < 4.78 is 0. The molecule has 42 heavy (non-hydrogen) atoms. The molecule has 1 aromatic carbocycles. The van der Waals surface area contributed by atoms with Crippen LogP contribution in [0.15, 0.2) is 36.4 Å². The molecule has 6 aliphatic rings. The van der Waals surface area contributed by atoms with Gasteiger partial charge in [0.05, 0.1) is 0 Å². The standard InChI is InChI=1S/C38H54N2O2/c1-35(2,3)26-12-10-25(11-13-26)33-24-8-6-20-38(33,21-7-9-24)40-34(42)30-16-15-28-27-14-17-31-37(5,23-19-32(41)39-31)29(27)18-22-36(28,30)4/h10-13,19,23-24,27-31,33H,6-9,14-18,20-22H2,1-5H3,(H,39,41)(H,40,42)/t24?,27-,28-,29+,30?,31?,33?,36-,37+,38?/m0/s1. The second-order valence-corrected chi connectivity index (χ2v) is 16.9. The van der Waals surface area contributed by atoms with Gasteiger partial charge in [-0.3, -0.25) is 9.59 Å². The van der Waals surface area contributed by atoms with Crippen LogP contribution in [-0.4, -0.2) is 23.4 Å². The van der Waals surface area contributed by atoms with E-state index in [4.69, 9.17) is 0 Å². The molecule has 0 aromatic heterocycles. The van der Waals surface area contributed by atoms with Gasteiger partial charge in [-0.25, -0.2) is 0 Å². The summed E-state index contributed by atoms with van der Waals surface area (Å²) in [5.74, 6) is 3.54. The SMILES string of the molecule is CC(C)(C)c1ccc(C2C3CCCC2(NC(=O)C2CC[C@H]4[C@@H]5CCC6NC(=O)C=C[C@]6(C)[C@@H]5CC[C@]24C)CCC3)cc1. The average Bonchev–Trinajstić information content (AvgIpc) is 3.30. The van der Waals surface area contributed by atoms with Gasteiger partial charge in [-0.2, -0.15) is 0 Å². The molecular weight excluding hydrogens is 516 g/mol. The zero-order valence-electron chi connectivity index (χ0n) is 26.8. The Balaban J connectivity index is 1.13. The van der Waals surface area contributed by atoms with E-state index in [2.05, 4.69) is 75.6 Å². The molecule has 5 aliphatic carbocycles. The van der Waals surface area contributed by atoms with Gasteiger partial charge in [-0.15, -0.1) is 0 Å². The van der Waals surface area contributed by atoms with Gasteiger partial charge in [0.2, 0.25) is 11.8 Å². The van der Waals surface area contributed by atoms with Crippen LogP contribution >= 0.6 is 0 Å². The minimum atomic E-state index is -0.0935. The normalized spacial score (nSPS) is 44.4. The predicted molar refractivity (Wildman–Crippen MR) is 169 cm³/mol. The number of fused-ring (bicyclic) bond motifs is 7. The molecule has 1 heterocycles. The third kappa shape index (κ3) is 4.35. The second kappa shape index (κ2) is 9.96. The molecule has 7 rings (SSSR count). The topological polar surface area (TPSA) is 58.2 Å². The zero-order chi connectivity index (χ0) is 29.5. The van der Waals surface area contributed by atoms with E-state index in [0.29, 0.717) is 35.5 Å². The van der Waals surface area contributed by atoms with Gasteiger partial charge in [0.25, 0.3) is 0 Å². The summed E-state index contributed by atoms with van der Waals surface area (Å²) in [5, 5.41) is 7.18. The Kier molecular flexibility index (Phi) is 6.80. The lowest BCUT2D eigenvalue weighted by molar-refractivity contribution is -0.137. The highest BCUT2D eigenvalue weighted by molar-refractivity contribution is 5.89. The number of hydrogen-bond donors (Lipinski definition) is 2. The molecule has 0 radical (unpaired) electrons. The Morgan fingerprint density at radius 2 is 1.60 bits per heavy atom. The summed E-state index contributed by atoms with van der Waals surface area (Å²) in [6.07, 6.45) is 18.1. The molecule has 0 spiro atoms. The summed E-state index contributed by atoms with van der Waals surface area (Å²) >= 11 is 0. The highest BCUT2D eigenvalue weighted by Crippen LogP contribution is 2.65. The van der Waals surface area contributed by atoms with Gasteiger partial charge in [0.15, 0.2) is 0 Å². The maximum absolute atomic E-state index is 14.5. The van der Waals surface area contributed by atoms with Crippen LogP contribution in [0.3, 0.4) is 0 Å². The molecule has 8 atom stereocenters. The number of nitrogens with one attached hydrogen (secondary N) is 2. The smallest absolute Gasteiger partial charge is 0.243 e. The summed E-state index contributed by atoms with van der Waals surface area (Å²) in [5.41, 5.74) is 3.02. The molecule has 1 aromatic rings. The molecule has 5 fully saturated rings. The van der Waals surface area contributed by atoms with Crippen LogP contribution in [0.1, 0.15) is 129 Å². The van der Waals surface area contributed by atoms with Crippen molar-refractivity contribution < 1.29 is 9.59 Å². The van der Waals surface area contributed by atoms with Crippen LogP contribution in [0.2, 0.25) is 0 Å². The quantitative estimate of drug-likeness (QED) is 0.389. The van der Waals surface area contributed by atoms with Gasteiger partial charge in [-0.1, -0.05) is 77.8 Å². The maximum Gasteiger partial charge on any atom is 0.243 e. The van der Waals surface area contributed by atoms with Gasteiger partial charge in [-0.05, 0) is 116 Å². The molecular formula is C38H54N2O2. The number of hydrogen-bond acceptors (Lipinski definition) is 2. The molecule has 4 nitrogen and oxygen atoms in total. The van der Waals surface area contributed by atoms with E-state index >= 15 is 0 Å². The molecule has 2 N–H and O–H groups in total. The fraction of sp³-hybridized carbons (Fsp3) is 0.737. The summed E-state index contributed by atoms with van der Waals surface area (Å²) in [6.45, 7) is 11.7. The second-order valence-electron chi connectivity index (χ2n) is 16.9. The number of benzene rings is 1. The Morgan fingerprint density at radius 3 is 2.29 bits per heavy atom. The average molecular weight is 571 g/mol. The predicted octanol–water partition coefficient (Wildman–Crippen LogP) is 7.82. The number of rotatable bonds is 3. The van der Waals surface area contributed by atoms with Crippen molar-refractivity contribution in [2.45, 2.75) is 135 Å².